The Morgan fingerprint density at radius 3 is 3.07 bits per heavy atom. The summed E-state index contributed by atoms with van der Waals surface area (Å²) in [5.41, 5.74) is 0. The minimum Gasteiger partial charge on any atom is -0.366 e. The van der Waals surface area contributed by atoms with E-state index in [-0.39, 0.29) is 6.04 Å². The second kappa shape index (κ2) is 5.23. The summed E-state index contributed by atoms with van der Waals surface area (Å²) in [5.74, 6) is 3.35. The van der Waals surface area contributed by atoms with Crippen molar-refractivity contribution >= 4 is 33.3 Å². The minimum absolute atomic E-state index is 0.199. The highest BCUT2D eigenvalue weighted by atomic mass is 79.9. The molecule has 0 aromatic carbocycles. The van der Waals surface area contributed by atoms with Gasteiger partial charge in [0.05, 0.1) is 9.50 Å². The van der Waals surface area contributed by atoms with Crippen LogP contribution in [0.5, 0.6) is 0 Å². The first-order valence-electron chi connectivity index (χ1n) is 4.14. The van der Waals surface area contributed by atoms with E-state index in [0.29, 0.717) is 11.4 Å². The molecule has 4 heteroatoms. The van der Waals surface area contributed by atoms with Crippen molar-refractivity contribution in [1.82, 2.24) is 4.98 Å². The summed E-state index contributed by atoms with van der Waals surface area (Å²) < 4.78 is 0.842. The molecule has 14 heavy (non-hydrogen) atoms. The number of nitrogens with zero attached hydrogens (tertiary/aromatic N) is 1. The minimum atomic E-state index is 0.199. The van der Waals surface area contributed by atoms with Gasteiger partial charge in [-0.15, -0.1) is 12.3 Å². The van der Waals surface area contributed by atoms with Gasteiger partial charge in [-0.25, -0.2) is 4.98 Å². The van der Waals surface area contributed by atoms with Gasteiger partial charge in [-0.05, 0) is 28.9 Å². The average molecular weight is 274 g/mol. The van der Waals surface area contributed by atoms with E-state index in [2.05, 4.69) is 32.2 Å². The largest absolute Gasteiger partial charge is 0.366 e. The van der Waals surface area contributed by atoms with Crippen molar-refractivity contribution in [2.75, 3.05) is 5.32 Å². The summed E-state index contributed by atoms with van der Waals surface area (Å²) in [4.78, 5) is 4.14. The number of aromatic nitrogens is 1. The lowest BCUT2D eigenvalue weighted by Crippen LogP contribution is -2.15. The number of anilines is 1. The summed E-state index contributed by atoms with van der Waals surface area (Å²) >= 11 is 9.13. The predicted molar refractivity (Wildman–Crippen MR) is 63.5 cm³/mol. The summed E-state index contributed by atoms with van der Waals surface area (Å²) in [7, 11) is 0. The monoisotopic (exact) mass is 272 g/mol. The normalized spacial score (nSPS) is 11.9. The van der Waals surface area contributed by atoms with Crippen LogP contribution in [0, 0.1) is 12.3 Å². The Bertz CT molecular complexity index is 360. The van der Waals surface area contributed by atoms with Crippen LogP contribution in [0.3, 0.4) is 0 Å². The van der Waals surface area contributed by atoms with E-state index in [0.717, 1.165) is 10.3 Å². The SMILES string of the molecule is C#CCC(C)Nc1ncc(Cl)cc1Br. The van der Waals surface area contributed by atoms with Crippen molar-refractivity contribution in [2.45, 2.75) is 19.4 Å². The van der Waals surface area contributed by atoms with E-state index in [4.69, 9.17) is 18.0 Å². The molecule has 1 aromatic heterocycles. The van der Waals surface area contributed by atoms with Crippen molar-refractivity contribution in [3.05, 3.63) is 21.8 Å². The van der Waals surface area contributed by atoms with Crippen LogP contribution in [0.2, 0.25) is 5.02 Å². The molecule has 1 heterocycles. The van der Waals surface area contributed by atoms with Crippen LogP contribution in [0.25, 0.3) is 0 Å². The molecule has 0 aliphatic carbocycles. The quantitative estimate of drug-likeness (QED) is 0.855. The topological polar surface area (TPSA) is 24.9 Å². The molecule has 0 spiro atoms. The predicted octanol–water partition coefficient (Wildman–Crippen LogP) is 3.32. The molecule has 0 aliphatic heterocycles. The van der Waals surface area contributed by atoms with Gasteiger partial charge in [0.25, 0.3) is 0 Å². The summed E-state index contributed by atoms with van der Waals surface area (Å²) in [6.45, 7) is 2.00. The summed E-state index contributed by atoms with van der Waals surface area (Å²) in [5, 5.41) is 3.78. The van der Waals surface area contributed by atoms with Crippen molar-refractivity contribution in [3.8, 4) is 12.3 Å². The zero-order chi connectivity index (χ0) is 10.6. The van der Waals surface area contributed by atoms with Gasteiger partial charge in [-0.2, -0.15) is 0 Å². The van der Waals surface area contributed by atoms with Crippen LogP contribution in [-0.4, -0.2) is 11.0 Å². The smallest absolute Gasteiger partial charge is 0.140 e. The third-order valence-electron chi connectivity index (χ3n) is 1.61. The highest BCUT2D eigenvalue weighted by Gasteiger charge is 2.05. The molecule has 1 N–H and O–H groups in total. The van der Waals surface area contributed by atoms with Crippen LogP contribution in [0.15, 0.2) is 16.7 Å². The lowest BCUT2D eigenvalue weighted by Gasteiger charge is -2.12. The molecule has 2 nitrogen and oxygen atoms in total. The van der Waals surface area contributed by atoms with Gasteiger partial charge < -0.3 is 5.32 Å². The molecule has 0 saturated heterocycles. The van der Waals surface area contributed by atoms with Crippen molar-refractivity contribution in [3.63, 3.8) is 0 Å². The third-order valence-corrected chi connectivity index (χ3v) is 2.43. The highest BCUT2D eigenvalue weighted by Crippen LogP contribution is 2.23. The lowest BCUT2D eigenvalue weighted by molar-refractivity contribution is 0.820. The van der Waals surface area contributed by atoms with Gasteiger partial charge in [-0.1, -0.05) is 11.6 Å². The molecule has 1 unspecified atom stereocenters. The van der Waals surface area contributed by atoms with Crippen LogP contribution in [0.4, 0.5) is 5.82 Å². The zero-order valence-corrected chi connectivity index (χ0v) is 10.1. The van der Waals surface area contributed by atoms with E-state index in [1.165, 1.54) is 0 Å². The van der Waals surface area contributed by atoms with E-state index < -0.39 is 0 Å². The van der Waals surface area contributed by atoms with Crippen molar-refractivity contribution < 1.29 is 0 Å². The van der Waals surface area contributed by atoms with Gasteiger partial charge >= 0.3 is 0 Å². The Hall–Kier alpha value is -0.720. The third kappa shape index (κ3) is 3.21. The van der Waals surface area contributed by atoms with E-state index in [1.807, 2.05) is 6.92 Å². The van der Waals surface area contributed by atoms with Crippen LogP contribution in [0.1, 0.15) is 13.3 Å². The number of terminal acetylenes is 1. The van der Waals surface area contributed by atoms with Crippen LogP contribution in [-0.2, 0) is 0 Å². The first kappa shape index (κ1) is 11.4. The first-order valence-corrected chi connectivity index (χ1v) is 5.31. The van der Waals surface area contributed by atoms with E-state index in [9.17, 15) is 0 Å². The molecule has 0 radical (unpaired) electrons. The molecule has 0 saturated carbocycles. The maximum atomic E-state index is 5.76. The van der Waals surface area contributed by atoms with Gasteiger partial charge in [0, 0.05) is 18.7 Å². The number of hydrogen-bond acceptors (Lipinski definition) is 2. The maximum absolute atomic E-state index is 5.76. The molecule has 0 aliphatic rings. The number of nitrogens with one attached hydrogen (secondary N) is 1. The summed E-state index contributed by atoms with van der Waals surface area (Å²) in [6.07, 6.45) is 7.46. The Balaban J connectivity index is 2.73. The van der Waals surface area contributed by atoms with Crippen molar-refractivity contribution in [1.29, 1.82) is 0 Å². The highest BCUT2D eigenvalue weighted by molar-refractivity contribution is 9.10. The number of pyridine rings is 1. The molecule has 74 valence electrons. The van der Waals surface area contributed by atoms with Gasteiger partial charge in [-0.3, -0.25) is 0 Å². The molecular formula is C10H10BrClN2. The number of rotatable bonds is 3. The molecule has 0 bridgehead atoms. The first-order chi connectivity index (χ1) is 6.63. The standard InChI is InChI=1S/C10H10BrClN2/c1-3-4-7(2)14-10-9(11)5-8(12)6-13-10/h1,5-7H,4H2,2H3,(H,13,14). The van der Waals surface area contributed by atoms with Gasteiger partial charge in [0.15, 0.2) is 0 Å². The molecule has 0 fully saturated rings. The number of halogens is 2. The summed E-state index contributed by atoms with van der Waals surface area (Å²) in [6, 6.07) is 1.99. The molecule has 1 aromatic rings. The van der Waals surface area contributed by atoms with Gasteiger partial charge in [0.2, 0.25) is 0 Å². The second-order valence-corrected chi connectivity index (χ2v) is 4.23. The molecule has 1 atom stereocenters. The molecular weight excluding hydrogens is 263 g/mol. The fourth-order valence-electron chi connectivity index (χ4n) is 0.982. The number of hydrogen-bond donors (Lipinski definition) is 1. The average Bonchev–Trinajstić information content (AvgIpc) is 2.10. The van der Waals surface area contributed by atoms with Crippen molar-refractivity contribution in [2.24, 2.45) is 0 Å². The second-order valence-electron chi connectivity index (χ2n) is 2.94. The molecule has 0 amide bonds. The fourth-order valence-corrected chi connectivity index (χ4v) is 1.74. The van der Waals surface area contributed by atoms with Gasteiger partial charge in [0.1, 0.15) is 5.82 Å². The maximum Gasteiger partial charge on any atom is 0.140 e. The zero-order valence-electron chi connectivity index (χ0n) is 7.72. The fraction of sp³-hybridized carbons (Fsp3) is 0.300. The Morgan fingerprint density at radius 2 is 2.50 bits per heavy atom. The Labute approximate surface area is 97.2 Å². The van der Waals surface area contributed by atoms with E-state index in [1.54, 1.807) is 12.3 Å². The van der Waals surface area contributed by atoms with Crippen LogP contribution < -0.4 is 5.32 Å². The Kier molecular flexibility index (Phi) is 4.24. The Morgan fingerprint density at radius 1 is 1.79 bits per heavy atom. The lowest BCUT2D eigenvalue weighted by atomic mass is 10.2. The van der Waals surface area contributed by atoms with E-state index >= 15 is 0 Å². The molecule has 1 rings (SSSR count). The van der Waals surface area contributed by atoms with Crippen LogP contribution >= 0.6 is 27.5 Å².